The predicted octanol–water partition coefficient (Wildman–Crippen LogP) is 3.12. The smallest absolute Gasteiger partial charge is 0.241 e. The lowest BCUT2D eigenvalue weighted by molar-refractivity contribution is 0.367. The molecule has 0 fully saturated rings. The number of benzene rings is 2. The van der Waals surface area contributed by atoms with Gasteiger partial charge in [-0.1, -0.05) is 46.0 Å². The molecule has 0 aliphatic rings. The molecule has 0 saturated carbocycles. The Morgan fingerprint density at radius 1 is 1.09 bits per heavy atom. The van der Waals surface area contributed by atoms with E-state index in [0.29, 0.717) is 0 Å². The summed E-state index contributed by atoms with van der Waals surface area (Å²) in [5.74, 6) is 6.30. The summed E-state index contributed by atoms with van der Waals surface area (Å²) >= 11 is 3.27. The van der Waals surface area contributed by atoms with Gasteiger partial charge in [-0.05, 0) is 42.8 Å². The molecule has 2 aromatic rings. The molecule has 6 heteroatoms. The normalized spacial score (nSPS) is 10.7. The van der Waals surface area contributed by atoms with Crippen molar-refractivity contribution in [1.29, 1.82) is 0 Å². The Kier molecular flexibility index (Phi) is 6.22. The number of ether oxygens (including phenoxy) is 1. The molecule has 0 unspecified atom stereocenters. The van der Waals surface area contributed by atoms with Crippen LogP contribution in [0.15, 0.2) is 57.9 Å². The summed E-state index contributed by atoms with van der Waals surface area (Å²) in [6.07, 6.45) is 0. The van der Waals surface area contributed by atoms with E-state index in [1.807, 2.05) is 31.2 Å². The zero-order valence-corrected chi connectivity index (χ0v) is 14.9. The fourth-order valence-corrected chi connectivity index (χ4v) is 2.96. The Labute approximate surface area is 145 Å². The highest BCUT2D eigenvalue weighted by atomic mass is 79.9. The SMILES string of the molecule is Cc1ccccc1OCC#CCNS(=O)(=O)c1ccc(Br)cc1. The zero-order chi connectivity index (χ0) is 16.7. The minimum absolute atomic E-state index is 0.0372. The molecule has 0 aliphatic heterocycles. The second-order valence-corrected chi connectivity index (χ2v) is 7.37. The molecule has 23 heavy (non-hydrogen) atoms. The fraction of sp³-hybridized carbons (Fsp3) is 0.176. The number of halogens is 1. The van der Waals surface area contributed by atoms with Gasteiger partial charge in [0, 0.05) is 4.47 Å². The Morgan fingerprint density at radius 2 is 1.78 bits per heavy atom. The van der Waals surface area contributed by atoms with Gasteiger partial charge in [0.1, 0.15) is 12.4 Å². The number of hydrogen-bond donors (Lipinski definition) is 1. The molecule has 0 radical (unpaired) electrons. The lowest BCUT2D eigenvalue weighted by Crippen LogP contribution is -2.24. The third-order valence-electron chi connectivity index (χ3n) is 2.99. The first-order valence-electron chi connectivity index (χ1n) is 6.88. The first-order chi connectivity index (χ1) is 11.0. The summed E-state index contributed by atoms with van der Waals surface area (Å²) in [5.41, 5.74) is 1.03. The number of rotatable bonds is 5. The van der Waals surface area contributed by atoms with Crippen molar-refractivity contribution in [1.82, 2.24) is 4.72 Å². The molecule has 0 heterocycles. The van der Waals surface area contributed by atoms with Gasteiger partial charge in [0.15, 0.2) is 0 Å². The maximum absolute atomic E-state index is 12.0. The van der Waals surface area contributed by atoms with Crippen LogP contribution in [-0.4, -0.2) is 21.6 Å². The average Bonchev–Trinajstić information content (AvgIpc) is 2.52. The monoisotopic (exact) mass is 393 g/mol. The minimum Gasteiger partial charge on any atom is -0.481 e. The third kappa shape index (κ3) is 5.39. The molecular weight excluding hydrogens is 378 g/mol. The van der Waals surface area contributed by atoms with E-state index in [1.165, 1.54) is 12.1 Å². The molecule has 0 saturated heterocycles. The van der Waals surface area contributed by atoms with Crippen LogP contribution in [-0.2, 0) is 10.0 Å². The summed E-state index contributed by atoms with van der Waals surface area (Å²) in [6, 6.07) is 14.1. The molecular formula is C17H16BrNO3S. The van der Waals surface area contributed by atoms with Gasteiger partial charge >= 0.3 is 0 Å². The largest absolute Gasteiger partial charge is 0.481 e. The van der Waals surface area contributed by atoms with E-state index in [1.54, 1.807) is 12.1 Å². The van der Waals surface area contributed by atoms with Crippen LogP contribution in [0.3, 0.4) is 0 Å². The van der Waals surface area contributed by atoms with Crippen molar-refractivity contribution in [3.63, 3.8) is 0 Å². The standard InChI is InChI=1S/C17H16BrNO3S/c1-14-6-2-3-7-17(14)22-13-5-4-12-19-23(20,21)16-10-8-15(18)9-11-16/h2-3,6-11,19H,12-13H2,1H3. The van der Waals surface area contributed by atoms with E-state index in [9.17, 15) is 8.42 Å². The number of aryl methyl sites for hydroxylation is 1. The van der Waals surface area contributed by atoms with Gasteiger partial charge in [-0.15, -0.1) is 0 Å². The van der Waals surface area contributed by atoms with Crippen molar-refractivity contribution in [3.8, 4) is 17.6 Å². The summed E-state index contributed by atoms with van der Waals surface area (Å²) in [6.45, 7) is 2.20. The molecule has 2 aromatic carbocycles. The second-order valence-electron chi connectivity index (χ2n) is 4.69. The van der Waals surface area contributed by atoms with E-state index in [0.717, 1.165) is 15.8 Å². The summed E-state index contributed by atoms with van der Waals surface area (Å²) in [7, 11) is -3.54. The zero-order valence-electron chi connectivity index (χ0n) is 12.5. The van der Waals surface area contributed by atoms with Crippen LogP contribution < -0.4 is 9.46 Å². The van der Waals surface area contributed by atoms with Gasteiger partial charge in [0.2, 0.25) is 10.0 Å². The van der Waals surface area contributed by atoms with Crippen molar-refractivity contribution in [2.24, 2.45) is 0 Å². The Hall–Kier alpha value is -1.81. The van der Waals surface area contributed by atoms with Crippen molar-refractivity contribution in [2.75, 3.05) is 13.2 Å². The topological polar surface area (TPSA) is 55.4 Å². The maximum atomic E-state index is 12.0. The van der Waals surface area contributed by atoms with Gasteiger partial charge in [0.05, 0.1) is 11.4 Å². The van der Waals surface area contributed by atoms with E-state index in [2.05, 4.69) is 32.5 Å². The van der Waals surface area contributed by atoms with Crippen molar-refractivity contribution in [2.45, 2.75) is 11.8 Å². The molecule has 4 nitrogen and oxygen atoms in total. The van der Waals surface area contributed by atoms with E-state index in [4.69, 9.17) is 4.74 Å². The van der Waals surface area contributed by atoms with Crippen molar-refractivity contribution < 1.29 is 13.2 Å². The summed E-state index contributed by atoms with van der Waals surface area (Å²) in [5, 5.41) is 0. The average molecular weight is 394 g/mol. The van der Waals surface area contributed by atoms with E-state index < -0.39 is 10.0 Å². The second kappa shape index (κ2) is 8.16. The van der Waals surface area contributed by atoms with E-state index in [-0.39, 0.29) is 18.0 Å². The highest BCUT2D eigenvalue weighted by Crippen LogP contribution is 2.15. The van der Waals surface area contributed by atoms with Gasteiger partial charge in [-0.3, -0.25) is 0 Å². The molecule has 0 aliphatic carbocycles. The number of hydrogen-bond acceptors (Lipinski definition) is 3. The van der Waals surface area contributed by atoms with Crippen LogP contribution in [0, 0.1) is 18.8 Å². The van der Waals surface area contributed by atoms with Gasteiger partial charge < -0.3 is 4.74 Å². The number of nitrogens with one attached hydrogen (secondary N) is 1. The minimum atomic E-state index is -3.54. The maximum Gasteiger partial charge on any atom is 0.241 e. The van der Waals surface area contributed by atoms with Crippen LogP contribution >= 0.6 is 15.9 Å². The van der Waals surface area contributed by atoms with Crippen LogP contribution in [0.2, 0.25) is 0 Å². The molecule has 0 atom stereocenters. The van der Waals surface area contributed by atoms with Gasteiger partial charge in [-0.2, -0.15) is 4.72 Å². The molecule has 2 rings (SSSR count). The van der Waals surface area contributed by atoms with Crippen molar-refractivity contribution >= 4 is 26.0 Å². The number of sulfonamides is 1. The first-order valence-corrected chi connectivity index (χ1v) is 9.16. The summed E-state index contributed by atoms with van der Waals surface area (Å²) < 4.78 is 32.8. The van der Waals surface area contributed by atoms with Gasteiger partial charge in [-0.25, -0.2) is 8.42 Å². The Morgan fingerprint density at radius 3 is 2.48 bits per heavy atom. The van der Waals surface area contributed by atoms with Crippen LogP contribution in [0.4, 0.5) is 0 Å². The van der Waals surface area contributed by atoms with Crippen LogP contribution in [0.25, 0.3) is 0 Å². The summed E-state index contributed by atoms with van der Waals surface area (Å²) in [4.78, 5) is 0.207. The molecule has 120 valence electrons. The Bertz CT molecular complexity index is 821. The Balaban J connectivity index is 1.83. The molecule has 1 N–H and O–H groups in total. The van der Waals surface area contributed by atoms with Crippen LogP contribution in [0.1, 0.15) is 5.56 Å². The highest BCUT2D eigenvalue weighted by molar-refractivity contribution is 9.10. The van der Waals surface area contributed by atoms with Crippen molar-refractivity contribution in [3.05, 3.63) is 58.6 Å². The highest BCUT2D eigenvalue weighted by Gasteiger charge is 2.11. The molecule has 0 amide bonds. The molecule has 0 spiro atoms. The quantitative estimate of drug-likeness (QED) is 0.793. The lowest BCUT2D eigenvalue weighted by atomic mass is 10.2. The number of para-hydroxylation sites is 1. The first kappa shape index (κ1) is 17.5. The lowest BCUT2D eigenvalue weighted by Gasteiger charge is -2.05. The van der Waals surface area contributed by atoms with Gasteiger partial charge in [0.25, 0.3) is 0 Å². The predicted molar refractivity (Wildman–Crippen MR) is 93.8 cm³/mol. The fourth-order valence-electron chi connectivity index (χ4n) is 1.77. The third-order valence-corrected chi connectivity index (χ3v) is 4.94. The van der Waals surface area contributed by atoms with Crippen LogP contribution in [0.5, 0.6) is 5.75 Å². The molecule has 0 aromatic heterocycles. The van der Waals surface area contributed by atoms with E-state index >= 15 is 0 Å². The molecule has 0 bridgehead atoms.